The number of piperidine rings is 2. The largest absolute Gasteiger partial charge is 0.363 e. The van der Waals surface area contributed by atoms with E-state index in [1.165, 1.54) is 35.1 Å². The summed E-state index contributed by atoms with van der Waals surface area (Å²) in [5.74, 6) is 1.64. The molecule has 2 aromatic heterocycles. The van der Waals surface area contributed by atoms with Crippen LogP contribution in [0.1, 0.15) is 98.5 Å². The lowest BCUT2D eigenvalue weighted by Crippen LogP contribution is -2.64. The number of hydrogen-bond donors (Lipinski definition) is 4. The smallest absolute Gasteiger partial charge is 0.341 e. The Morgan fingerprint density at radius 3 is 1.59 bits per heavy atom. The van der Waals surface area contributed by atoms with E-state index in [2.05, 4.69) is 85.7 Å². The van der Waals surface area contributed by atoms with E-state index < -0.39 is 6.67 Å². The first-order valence-corrected chi connectivity index (χ1v) is 25.2. The molecule has 4 aromatic carbocycles. The van der Waals surface area contributed by atoms with Gasteiger partial charge < -0.3 is 26.2 Å². The van der Waals surface area contributed by atoms with E-state index in [0.29, 0.717) is 62.0 Å². The van der Waals surface area contributed by atoms with E-state index in [4.69, 9.17) is 9.97 Å². The number of hydrazine groups is 1. The molecule has 2 bridgehead atoms. The number of likely N-dealkylation sites (tertiary alicyclic amines) is 1. The van der Waals surface area contributed by atoms with Crippen LogP contribution < -0.4 is 21.3 Å². The summed E-state index contributed by atoms with van der Waals surface area (Å²) in [5, 5.41) is 19.2. The summed E-state index contributed by atoms with van der Waals surface area (Å²) in [6.07, 6.45) is 11.7. The van der Waals surface area contributed by atoms with Gasteiger partial charge in [-0.3, -0.25) is 4.90 Å². The second kappa shape index (κ2) is 18.3. The molecule has 4 unspecified atom stereocenters. The number of alkyl halides is 1. The fourth-order valence-corrected chi connectivity index (χ4v) is 12.4. The molecule has 3 aliphatic heterocycles. The average Bonchev–Trinajstić information content (AvgIpc) is 3.92. The molecular weight excluding hydrogens is 852 g/mol. The van der Waals surface area contributed by atoms with Gasteiger partial charge in [0.15, 0.2) is 0 Å². The number of anilines is 4. The van der Waals surface area contributed by atoms with Gasteiger partial charge in [0.1, 0.15) is 18.3 Å². The Bertz CT molecular complexity index is 2830. The summed E-state index contributed by atoms with van der Waals surface area (Å²) in [6, 6.07) is 37.7. The molecule has 4 N–H and O–H groups in total. The van der Waals surface area contributed by atoms with E-state index in [9.17, 15) is 4.39 Å². The number of rotatable bonds is 11. The van der Waals surface area contributed by atoms with Crippen molar-refractivity contribution in [2.24, 2.45) is 0 Å². The van der Waals surface area contributed by atoms with Crippen LogP contribution in [0.3, 0.4) is 0 Å². The summed E-state index contributed by atoms with van der Waals surface area (Å²) in [4.78, 5) is 45.2. The lowest BCUT2D eigenvalue weighted by molar-refractivity contribution is -0.0509. The van der Waals surface area contributed by atoms with Gasteiger partial charge in [-0.1, -0.05) is 48.5 Å². The van der Waals surface area contributed by atoms with Gasteiger partial charge in [0.05, 0.1) is 35.2 Å². The lowest BCUT2D eigenvalue weighted by Gasteiger charge is -2.49. The van der Waals surface area contributed by atoms with Crippen molar-refractivity contribution in [3.63, 3.8) is 0 Å². The van der Waals surface area contributed by atoms with Gasteiger partial charge in [-0.2, -0.15) is 0 Å². The number of aryl methyl sites for hydroxylation is 2. The van der Waals surface area contributed by atoms with Crippen LogP contribution in [-0.2, 0) is 12.8 Å². The fourth-order valence-electron chi connectivity index (χ4n) is 12.4. The summed E-state index contributed by atoms with van der Waals surface area (Å²) in [5.41, 5.74) is 8.37. The van der Waals surface area contributed by atoms with E-state index in [1.54, 1.807) is 10.0 Å². The summed E-state index contributed by atoms with van der Waals surface area (Å²) in [6.45, 7) is 1.24. The molecule has 6 aliphatic rings. The quantitative estimate of drug-likeness (QED) is 0.0949. The SMILES string of the molecule is O=C(Nc1ccc2nc(NC3CCc4ccccc43)ccc2c1)N(C1CCN(CCF)CC1)N(C(=O)Nc1ccc2nc(NC3CCc4ccccc43)ccc2c1)C1CC2CCC(C1)N2C1CC1. The molecule has 3 saturated heterocycles. The van der Waals surface area contributed by atoms with E-state index in [-0.39, 0.29) is 36.2 Å². The third-order valence-electron chi connectivity index (χ3n) is 15.8. The highest BCUT2D eigenvalue weighted by molar-refractivity contribution is 5.97. The highest BCUT2D eigenvalue weighted by Crippen LogP contribution is 2.45. The number of halogens is 1. The molecule has 13 heteroatoms. The molecule has 4 fully saturated rings. The fraction of sp³-hybridized carbons (Fsp3) is 0.418. The number of nitrogens with one attached hydrogen (secondary N) is 4. The number of carbonyl (C=O) groups is 2. The first-order chi connectivity index (χ1) is 33.4. The molecule has 6 aromatic rings. The van der Waals surface area contributed by atoms with Gasteiger partial charge in [-0.05, 0) is 160 Å². The molecule has 12 nitrogen and oxygen atoms in total. The highest BCUT2D eigenvalue weighted by atomic mass is 19.1. The molecule has 0 radical (unpaired) electrons. The van der Waals surface area contributed by atoms with Gasteiger partial charge in [-0.25, -0.2) is 34.0 Å². The van der Waals surface area contributed by atoms with Crippen LogP contribution in [0, 0.1) is 0 Å². The van der Waals surface area contributed by atoms with Crippen LogP contribution in [0.15, 0.2) is 109 Å². The minimum atomic E-state index is -0.414. The molecule has 350 valence electrons. The zero-order valence-electron chi connectivity index (χ0n) is 38.6. The Morgan fingerprint density at radius 2 is 1.07 bits per heavy atom. The number of urea groups is 2. The first-order valence-electron chi connectivity index (χ1n) is 25.2. The number of hydrogen-bond acceptors (Lipinski definition) is 8. The maximum atomic E-state index is 15.2. The van der Waals surface area contributed by atoms with E-state index >= 15 is 9.59 Å². The van der Waals surface area contributed by atoms with Crippen LogP contribution in [0.5, 0.6) is 0 Å². The van der Waals surface area contributed by atoms with Crippen LogP contribution in [0.2, 0.25) is 0 Å². The van der Waals surface area contributed by atoms with Gasteiger partial charge in [0.25, 0.3) is 0 Å². The molecule has 3 aliphatic carbocycles. The Labute approximate surface area is 397 Å². The topological polar surface area (TPSA) is 121 Å². The molecule has 0 spiro atoms. The lowest BCUT2D eigenvalue weighted by atomic mass is 9.96. The number of amides is 4. The average molecular weight is 913 g/mol. The number of nitrogens with zero attached hydrogens (tertiary/aromatic N) is 6. The summed E-state index contributed by atoms with van der Waals surface area (Å²) < 4.78 is 13.6. The number of aromatic nitrogens is 2. The van der Waals surface area contributed by atoms with E-state index in [1.807, 2.05) is 54.6 Å². The maximum Gasteiger partial charge on any atom is 0.341 e. The van der Waals surface area contributed by atoms with Crippen molar-refractivity contribution in [1.82, 2.24) is 29.8 Å². The van der Waals surface area contributed by atoms with Crippen molar-refractivity contribution in [1.29, 1.82) is 0 Å². The molecule has 4 atom stereocenters. The van der Waals surface area contributed by atoms with Crippen molar-refractivity contribution in [3.8, 4) is 0 Å². The van der Waals surface area contributed by atoms with Crippen LogP contribution in [0.4, 0.5) is 37.0 Å². The molecular formula is C55H61FN10O2. The predicted molar refractivity (Wildman–Crippen MR) is 268 cm³/mol. The molecule has 5 heterocycles. The number of benzene rings is 4. The molecule has 1 saturated carbocycles. The Morgan fingerprint density at radius 1 is 0.574 bits per heavy atom. The Hall–Kier alpha value is -6.31. The van der Waals surface area contributed by atoms with Crippen LogP contribution in [0.25, 0.3) is 21.8 Å². The minimum Gasteiger partial charge on any atom is -0.363 e. The van der Waals surface area contributed by atoms with Gasteiger partial charge in [0, 0.05) is 59.9 Å². The van der Waals surface area contributed by atoms with Crippen molar-refractivity contribution >= 4 is 56.9 Å². The third kappa shape index (κ3) is 8.59. The Balaban J connectivity index is 0.821. The minimum absolute atomic E-state index is 0.188. The number of fused-ring (bicyclic) bond motifs is 6. The zero-order valence-corrected chi connectivity index (χ0v) is 38.6. The van der Waals surface area contributed by atoms with Crippen molar-refractivity contribution < 1.29 is 14.0 Å². The maximum absolute atomic E-state index is 15.2. The zero-order chi connectivity index (χ0) is 45.7. The standard InChI is InChI=1S/C55H61FN10O2/c56-27-30-63-28-25-42(26-29-63)65(54(67)57-39-13-21-48-37(31-39)11-23-52(59-48)61-50-19-9-35-5-1-3-7-46(35)50)66(45-33-43-17-18-44(34-45)64(43)41-15-16-41)55(68)58-40-14-22-49-38(32-40)12-24-53(60-49)62-51-20-10-36-6-2-4-8-47(36)51/h1-8,11-14,21-24,31-32,41-45,50-51H,9-10,15-20,25-30,33-34H2,(H,57,67)(H,58,68)(H,59,61)(H,60,62). The van der Waals surface area contributed by atoms with Gasteiger partial charge in [-0.15, -0.1) is 0 Å². The van der Waals surface area contributed by atoms with Crippen molar-refractivity contribution in [2.75, 3.05) is 47.6 Å². The number of carbonyl (C=O) groups excluding carboxylic acids is 2. The monoisotopic (exact) mass is 912 g/mol. The number of pyridine rings is 2. The van der Waals surface area contributed by atoms with Crippen LogP contribution in [-0.4, -0.2) is 98.4 Å². The van der Waals surface area contributed by atoms with Crippen molar-refractivity contribution in [3.05, 3.63) is 131 Å². The molecule has 68 heavy (non-hydrogen) atoms. The molecule has 12 rings (SSSR count). The highest BCUT2D eigenvalue weighted by Gasteiger charge is 2.50. The van der Waals surface area contributed by atoms with Crippen LogP contribution >= 0.6 is 0 Å². The Kier molecular flexibility index (Phi) is 11.6. The van der Waals surface area contributed by atoms with E-state index in [0.717, 1.165) is 84.8 Å². The third-order valence-corrected chi connectivity index (χ3v) is 15.8. The van der Waals surface area contributed by atoms with Gasteiger partial charge >= 0.3 is 12.1 Å². The normalized spacial score (nSPS) is 23.6. The predicted octanol–water partition coefficient (Wildman–Crippen LogP) is 10.9. The summed E-state index contributed by atoms with van der Waals surface area (Å²) in [7, 11) is 0. The summed E-state index contributed by atoms with van der Waals surface area (Å²) >= 11 is 0. The van der Waals surface area contributed by atoms with Gasteiger partial charge in [0.2, 0.25) is 0 Å². The second-order valence-corrected chi connectivity index (χ2v) is 20.1. The van der Waals surface area contributed by atoms with Crippen molar-refractivity contribution in [2.45, 2.75) is 119 Å². The molecule has 4 amide bonds. The second-order valence-electron chi connectivity index (χ2n) is 20.1. The first kappa shape index (κ1) is 43.0.